The van der Waals surface area contributed by atoms with E-state index in [-0.39, 0.29) is 29.9 Å². The van der Waals surface area contributed by atoms with Gasteiger partial charge in [0.1, 0.15) is 5.75 Å². The molecule has 0 atom stereocenters. The lowest BCUT2D eigenvalue weighted by molar-refractivity contribution is 0.0954. The molecule has 2 aromatic carbocycles. The van der Waals surface area contributed by atoms with E-state index in [2.05, 4.69) is 20.9 Å². The Kier molecular flexibility index (Phi) is 10.2. The van der Waals surface area contributed by atoms with Gasteiger partial charge in [0.2, 0.25) is 0 Å². The summed E-state index contributed by atoms with van der Waals surface area (Å²) in [5.41, 5.74) is 1.56. The smallest absolute Gasteiger partial charge is 0.252 e. The standard InChI is InChI=1S/C22H27ClN4O2.HI/c1-24-22(26-13-12-25-21(28)18-7-3-4-8-19(18)23)27-14-17-6-2-5-9-20(17)29-15-16-10-11-16;/h2-9,16H,10-15H2,1H3,(H,25,28)(H2,24,26,27);1H. The molecule has 0 heterocycles. The Morgan fingerprint density at radius 1 is 1.07 bits per heavy atom. The van der Waals surface area contributed by atoms with Gasteiger partial charge in [-0.1, -0.05) is 41.9 Å². The largest absolute Gasteiger partial charge is 0.493 e. The number of nitrogens with zero attached hydrogens (tertiary/aromatic N) is 1. The highest BCUT2D eigenvalue weighted by molar-refractivity contribution is 14.0. The summed E-state index contributed by atoms with van der Waals surface area (Å²) in [4.78, 5) is 16.4. The minimum Gasteiger partial charge on any atom is -0.493 e. The number of hydrogen-bond acceptors (Lipinski definition) is 3. The van der Waals surface area contributed by atoms with Crippen molar-refractivity contribution in [3.8, 4) is 5.75 Å². The van der Waals surface area contributed by atoms with Crippen molar-refractivity contribution in [3.63, 3.8) is 0 Å². The topological polar surface area (TPSA) is 74.8 Å². The highest BCUT2D eigenvalue weighted by atomic mass is 127. The molecule has 2 aromatic rings. The van der Waals surface area contributed by atoms with Crippen molar-refractivity contribution in [2.45, 2.75) is 19.4 Å². The lowest BCUT2D eigenvalue weighted by atomic mass is 10.2. The average molecular weight is 543 g/mol. The maximum Gasteiger partial charge on any atom is 0.252 e. The third-order valence-electron chi connectivity index (χ3n) is 4.64. The first kappa shape index (κ1) is 24.3. The van der Waals surface area contributed by atoms with Gasteiger partial charge in [-0.05, 0) is 37.0 Å². The van der Waals surface area contributed by atoms with Gasteiger partial charge < -0.3 is 20.7 Å². The van der Waals surface area contributed by atoms with Gasteiger partial charge in [-0.15, -0.1) is 24.0 Å². The third-order valence-corrected chi connectivity index (χ3v) is 4.97. The zero-order valence-corrected chi connectivity index (χ0v) is 20.1. The predicted molar refractivity (Wildman–Crippen MR) is 132 cm³/mol. The summed E-state index contributed by atoms with van der Waals surface area (Å²) in [5, 5.41) is 9.76. The van der Waals surface area contributed by atoms with Gasteiger partial charge in [-0.2, -0.15) is 0 Å². The molecule has 3 N–H and O–H groups in total. The Labute approximate surface area is 199 Å². The summed E-state index contributed by atoms with van der Waals surface area (Å²) in [5.74, 6) is 2.09. The second-order valence-electron chi connectivity index (χ2n) is 6.95. The fraction of sp³-hybridized carbons (Fsp3) is 0.364. The highest BCUT2D eigenvalue weighted by Crippen LogP contribution is 2.30. The molecule has 0 unspecified atom stereocenters. The van der Waals surface area contributed by atoms with Gasteiger partial charge in [0.05, 0.1) is 17.2 Å². The average Bonchev–Trinajstić information content (AvgIpc) is 3.57. The normalized spacial score (nSPS) is 13.2. The molecular weight excluding hydrogens is 515 g/mol. The number of hydrogen-bond donors (Lipinski definition) is 3. The molecule has 1 fully saturated rings. The van der Waals surface area contributed by atoms with Crippen LogP contribution in [0, 0.1) is 5.92 Å². The van der Waals surface area contributed by atoms with E-state index in [1.54, 1.807) is 31.3 Å². The van der Waals surface area contributed by atoms with Gasteiger partial charge >= 0.3 is 0 Å². The van der Waals surface area contributed by atoms with Crippen molar-refractivity contribution in [2.24, 2.45) is 10.9 Å². The number of para-hydroxylation sites is 1. The first-order valence-electron chi connectivity index (χ1n) is 9.85. The molecule has 0 saturated heterocycles. The highest BCUT2D eigenvalue weighted by Gasteiger charge is 2.22. The first-order chi connectivity index (χ1) is 14.2. The third kappa shape index (κ3) is 7.68. The van der Waals surface area contributed by atoms with Gasteiger partial charge in [0, 0.05) is 32.2 Å². The molecule has 162 valence electrons. The number of halogens is 2. The van der Waals surface area contributed by atoms with Crippen LogP contribution in [0.2, 0.25) is 5.02 Å². The second kappa shape index (κ2) is 12.6. The fourth-order valence-electron chi connectivity index (χ4n) is 2.78. The van der Waals surface area contributed by atoms with E-state index in [4.69, 9.17) is 16.3 Å². The number of ether oxygens (including phenoxy) is 1. The van der Waals surface area contributed by atoms with Crippen molar-refractivity contribution >= 4 is 47.4 Å². The number of aliphatic imine (C=N–C) groups is 1. The van der Waals surface area contributed by atoms with Crippen molar-refractivity contribution in [1.82, 2.24) is 16.0 Å². The molecule has 6 nitrogen and oxygen atoms in total. The lowest BCUT2D eigenvalue weighted by Crippen LogP contribution is -2.41. The van der Waals surface area contributed by atoms with Crippen LogP contribution < -0.4 is 20.7 Å². The summed E-state index contributed by atoms with van der Waals surface area (Å²) < 4.78 is 5.95. The van der Waals surface area contributed by atoms with Crippen LogP contribution >= 0.6 is 35.6 Å². The quantitative estimate of drug-likeness (QED) is 0.195. The van der Waals surface area contributed by atoms with Crippen LogP contribution in [0.4, 0.5) is 0 Å². The number of nitrogens with one attached hydrogen (secondary N) is 3. The number of amides is 1. The van der Waals surface area contributed by atoms with E-state index in [1.807, 2.05) is 24.3 Å². The van der Waals surface area contributed by atoms with Gasteiger partial charge in [-0.3, -0.25) is 9.79 Å². The molecule has 0 radical (unpaired) electrons. The Hall–Kier alpha value is -2.00. The number of rotatable bonds is 9. The molecule has 30 heavy (non-hydrogen) atoms. The molecule has 8 heteroatoms. The molecule has 1 aliphatic rings. The Morgan fingerprint density at radius 2 is 1.77 bits per heavy atom. The molecule has 0 bridgehead atoms. The summed E-state index contributed by atoms with van der Waals surface area (Å²) in [6.07, 6.45) is 2.54. The summed E-state index contributed by atoms with van der Waals surface area (Å²) in [7, 11) is 1.72. The SMILES string of the molecule is CN=C(NCCNC(=O)c1ccccc1Cl)NCc1ccccc1OCC1CC1.I. The van der Waals surface area contributed by atoms with Crippen LogP contribution in [-0.4, -0.2) is 38.6 Å². The maximum atomic E-state index is 12.2. The predicted octanol–water partition coefficient (Wildman–Crippen LogP) is 3.84. The van der Waals surface area contributed by atoms with Crippen LogP contribution in [0.15, 0.2) is 53.5 Å². The first-order valence-corrected chi connectivity index (χ1v) is 10.2. The Bertz CT molecular complexity index is 859. The fourth-order valence-corrected chi connectivity index (χ4v) is 3.00. The van der Waals surface area contributed by atoms with Crippen molar-refractivity contribution in [3.05, 3.63) is 64.7 Å². The molecule has 3 rings (SSSR count). The molecule has 1 aliphatic carbocycles. The van der Waals surface area contributed by atoms with Crippen LogP contribution in [-0.2, 0) is 6.54 Å². The van der Waals surface area contributed by atoms with Gasteiger partial charge in [0.15, 0.2) is 5.96 Å². The number of carbonyl (C=O) groups excluding carboxylic acids is 1. The van der Waals surface area contributed by atoms with Crippen molar-refractivity contribution in [1.29, 1.82) is 0 Å². The second-order valence-corrected chi connectivity index (χ2v) is 7.36. The molecule has 0 aliphatic heterocycles. The van der Waals surface area contributed by atoms with Crippen molar-refractivity contribution in [2.75, 3.05) is 26.7 Å². The lowest BCUT2D eigenvalue weighted by Gasteiger charge is -2.15. The van der Waals surface area contributed by atoms with E-state index in [0.717, 1.165) is 17.9 Å². The number of carbonyl (C=O) groups is 1. The van der Waals surface area contributed by atoms with Gasteiger partial charge in [0.25, 0.3) is 5.91 Å². The molecule has 1 saturated carbocycles. The van der Waals surface area contributed by atoms with Crippen LogP contribution in [0.3, 0.4) is 0 Å². The molecule has 1 amide bonds. The zero-order chi connectivity index (χ0) is 20.5. The molecule has 0 spiro atoms. The van der Waals surface area contributed by atoms with E-state index < -0.39 is 0 Å². The zero-order valence-electron chi connectivity index (χ0n) is 17.0. The number of benzene rings is 2. The van der Waals surface area contributed by atoms with Crippen LogP contribution in [0.5, 0.6) is 5.75 Å². The van der Waals surface area contributed by atoms with Crippen molar-refractivity contribution < 1.29 is 9.53 Å². The monoisotopic (exact) mass is 542 g/mol. The van der Waals surface area contributed by atoms with Crippen LogP contribution in [0.25, 0.3) is 0 Å². The summed E-state index contributed by atoms with van der Waals surface area (Å²) in [6.45, 7) is 2.38. The molecule has 0 aromatic heterocycles. The minimum absolute atomic E-state index is 0. The Balaban J connectivity index is 0.00000320. The minimum atomic E-state index is -0.193. The van der Waals surface area contributed by atoms with E-state index >= 15 is 0 Å². The Morgan fingerprint density at radius 3 is 2.50 bits per heavy atom. The van der Waals surface area contributed by atoms with E-state index in [1.165, 1.54) is 12.8 Å². The van der Waals surface area contributed by atoms with E-state index in [9.17, 15) is 4.79 Å². The van der Waals surface area contributed by atoms with Gasteiger partial charge in [-0.25, -0.2) is 0 Å². The number of guanidine groups is 1. The van der Waals surface area contributed by atoms with E-state index in [0.29, 0.717) is 42.1 Å². The summed E-state index contributed by atoms with van der Waals surface area (Å²) in [6, 6.07) is 15.0. The summed E-state index contributed by atoms with van der Waals surface area (Å²) >= 11 is 6.04. The molecular formula is C22H28ClIN4O2. The van der Waals surface area contributed by atoms with Crippen LogP contribution in [0.1, 0.15) is 28.8 Å². The maximum absolute atomic E-state index is 12.2.